The normalized spacial score (nSPS) is 11.7. The number of nitrogens with two attached hydrogens (primary N) is 1. The Morgan fingerprint density at radius 2 is 2.15 bits per heavy atom. The largest absolute Gasteiger partial charge is 0.394 e. The molecular formula is C9H18N4. The summed E-state index contributed by atoms with van der Waals surface area (Å²) in [6, 6.07) is 0. The lowest BCUT2D eigenvalue weighted by molar-refractivity contribution is 0.442. The van der Waals surface area contributed by atoms with Gasteiger partial charge in [0, 0.05) is 19.8 Å². The highest BCUT2D eigenvalue weighted by Gasteiger charge is 2.11. The fourth-order valence-corrected chi connectivity index (χ4v) is 0.993. The molecular weight excluding hydrogens is 164 g/mol. The second-order valence-corrected chi connectivity index (χ2v) is 4.52. The van der Waals surface area contributed by atoms with Crippen LogP contribution in [0.5, 0.6) is 0 Å². The quantitative estimate of drug-likeness (QED) is 0.728. The first kappa shape index (κ1) is 9.89. The van der Waals surface area contributed by atoms with Crippen LogP contribution in [0, 0.1) is 5.41 Å². The van der Waals surface area contributed by atoms with E-state index in [1.54, 1.807) is 10.9 Å². The number of anilines is 2. The Balaban J connectivity index is 2.59. The Hall–Kier alpha value is -1.19. The molecule has 4 nitrogen and oxygen atoms in total. The van der Waals surface area contributed by atoms with Crippen LogP contribution in [0.2, 0.25) is 0 Å². The number of hydrogen-bond acceptors (Lipinski definition) is 3. The van der Waals surface area contributed by atoms with E-state index in [0.29, 0.717) is 5.69 Å². The van der Waals surface area contributed by atoms with Gasteiger partial charge in [-0.25, -0.2) is 0 Å². The molecule has 0 unspecified atom stereocenters. The lowest BCUT2D eigenvalue weighted by Crippen LogP contribution is -2.19. The summed E-state index contributed by atoms with van der Waals surface area (Å²) in [5, 5.41) is 7.41. The number of aryl methyl sites for hydroxylation is 1. The number of rotatable bonds is 2. The molecule has 0 aromatic carbocycles. The smallest absolute Gasteiger partial charge is 0.171 e. The summed E-state index contributed by atoms with van der Waals surface area (Å²) in [6.07, 6.45) is 1.80. The molecule has 4 heteroatoms. The van der Waals surface area contributed by atoms with Crippen molar-refractivity contribution in [2.24, 2.45) is 12.5 Å². The van der Waals surface area contributed by atoms with Crippen LogP contribution < -0.4 is 11.1 Å². The third kappa shape index (κ3) is 2.97. The number of nitrogen functional groups attached to an aromatic ring is 1. The molecule has 0 aliphatic carbocycles. The molecule has 0 spiro atoms. The summed E-state index contributed by atoms with van der Waals surface area (Å²) in [7, 11) is 1.86. The molecule has 1 heterocycles. The summed E-state index contributed by atoms with van der Waals surface area (Å²) < 4.78 is 1.71. The van der Waals surface area contributed by atoms with Gasteiger partial charge in [0.05, 0.1) is 5.69 Å². The van der Waals surface area contributed by atoms with Crippen molar-refractivity contribution in [1.29, 1.82) is 0 Å². The van der Waals surface area contributed by atoms with Gasteiger partial charge in [0.1, 0.15) is 0 Å². The van der Waals surface area contributed by atoms with E-state index in [4.69, 9.17) is 5.73 Å². The van der Waals surface area contributed by atoms with Crippen LogP contribution in [-0.2, 0) is 7.05 Å². The third-order valence-electron chi connectivity index (χ3n) is 1.64. The molecule has 3 N–H and O–H groups in total. The Morgan fingerprint density at radius 1 is 1.54 bits per heavy atom. The molecule has 0 aliphatic heterocycles. The van der Waals surface area contributed by atoms with Gasteiger partial charge in [-0.15, -0.1) is 0 Å². The van der Waals surface area contributed by atoms with Gasteiger partial charge in [0.25, 0.3) is 0 Å². The van der Waals surface area contributed by atoms with E-state index in [0.717, 1.165) is 12.4 Å². The second kappa shape index (κ2) is 3.28. The maximum absolute atomic E-state index is 5.72. The summed E-state index contributed by atoms with van der Waals surface area (Å²) in [5.41, 5.74) is 6.67. The van der Waals surface area contributed by atoms with E-state index in [9.17, 15) is 0 Å². The fraction of sp³-hybridized carbons (Fsp3) is 0.667. The number of nitrogens with zero attached hydrogens (tertiary/aromatic N) is 2. The van der Waals surface area contributed by atoms with Crippen molar-refractivity contribution in [3.05, 3.63) is 6.20 Å². The summed E-state index contributed by atoms with van der Waals surface area (Å²) in [6.45, 7) is 7.37. The van der Waals surface area contributed by atoms with Crippen molar-refractivity contribution in [2.75, 3.05) is 17.6 Å². The van der Waals surface area contributed by atoms with Crippen LogP contribution in [0.25, 0.3) is 0 Å². The number of hydrogen-bond donors (Lipinski definition) is 2. The van der Waals surface area contributed by atoms with Crippen LogP contribution in [-0.4, -0.2) is 16.3 Å². The zero-order chi connectivity index (χ0) is 10.1. The first-order valence-electron chi connectivity index (χ1n) is 4.41. The monoisotopic (exact) mass is 182 g/mol. The minimum Gasteiger partial charge on any atom is -0.394 e. The minimum atomic E-state index is 0.240. The standard InChI is InChI=1S/C9H18N4/c1-9(2,3)6-11-8-7(10)5-13(4)12-8/h5H,6,10H2,1-4H3,(H,11,12). The third-order valence-corrected chi connectivity index (χ3v) is 1.64. The lowest BCUT2D eigenvalue weighted by atomic mass is 9.97. The highest BCUT2D eigenvalue weighted by Crippen LogP contribution is 2.18. The Morgan fingerprint density at radius 3 is 2.54 bits per heavy atom. The Labute approximate surface area is 79.1 Å². The minimum absolute atomic E-state index is 0.240. The molecule has 0 aliphatic rings. The van der Waals surface area contributed by atoms with E-state index < -0.39 is 0 Å². The highest BCUT2D eigenvalue weighted by atomic mass is 15.3. The fourth-order valence-electron chi connectivity index (χ4n) is 0.993. The molecule has 0 saturated heterocycles. The zero-order valence-corrected chi connectivity index (χ0v) is 8.76. The van der Waals surface area contributed by atoms with E-state index in [2.05, 4.69) is 31.2 Å². The molecule has 1 rings (SSSR count). The van der Waals surface area contributed by atoms with Gasteiger partial charge in [0.2, 0.25) is 0 Å². The van der Waals surface area contributed by atoms with Gasteiger partial charge in [0.15, 0.2) is 5.82 Å². The average Bonchev–Trinajstić information content (AvgIpc) is 2.24. The van der Waals surface area contributed by atoms with E-state index in [1.807, 2.05) is 7.05 Å². The molecule has 0 atom stereocenters. The predicted octanol–water partition coefficient (Wildman–Crippen LogP) is 1.46. The van der Waals surface area contributed by atoms with Gasteiger partial charge in [-0.05, 0) is 5.41 Å². The van der Waals surface area contributed by atoms with Crippen LogP contribution in [0.1, 0.15) is 20.8 Å². The molecule has 0 fully saturated rings. The van der Waals surface area contributed by atoms with Crippen LogP contribution in [0.15, 0.2) is 6.20 Å². The summed E-state index contributed by atoms with van der Waals surface area (Å²) >= 11 is 0. The number of nitrogens with one attached hydrogen (secondary N) is 1. The molecule has 0 saturated carbocycles. The van der Waals surface area contributed by atoms with Crippen molar-refractivity contribution in [3.63, 3.8) is 0 Å². The molecule has 1 aromatic heterocycles. The van der Waals surface area contributed by atoms with Gasteiger partial charge in [-0.2, -0.15) is 5.10 Å². The summed E-state index contributed by atoms with van der Waals surface area (Å²) in [5.74, 6) is 0.775. The predicted molar refractivity (Wildman–Crippen MR) is 55.6 cm³/mol. The van der Waals surface area contributed by atoms with Crippen molar-refractivity contribution in [2.45, 2.75) is 20.8 Å². The Bertz CT molecular complexity index is 282. The van der Waals surface area contributed by atoms with Crippen molar-refractivity contribution in [1.82, 2.24) is 9.78 Å². The summed E-state index contributed by atoms with van der Waals surface area (Å²) in [4.78, 5) is 0. The topological polar surface area (TPSA) is 55.9 Å². The highest BCUT2D eigenvalue weighted by molar-refractivity contribution is 5.59. The molecule has 0 amide bonds. The molecule has 74 valence electrons. The maximum Gasteiger partial charge on any atom is 0.171 e. The first-order valence-corrected chi connectivity index (χ1v) is 4.41. The van der Waals surface area contributed by atoms with Gasteiger partial charge < -0.3 is 11.1 Å². The van der Waals surface area contributed by atoms with Crippen molar-refractivity contribution < 1.29 is 0 Å². The zero-order valence-electron chi connectivity index (χ0n) is 8.76. The van der Waals surface area contributed by atoms with E-state index >= 15 is 0 Å². The molecule has 13 heavy (non-hydrogen) atoms. The van der Waals surface area contributed by atoms with Gasteiger partial charge in [-0.1, -0.05) is 20.8 Å². The molecule has 0 bridgehead atoms. The van der Waals surface area contributed by atoms with E-state index in [-0.39, 0.29) is 5.41 Å². The Kier molecular flexibility index (Phi) is 2.50. The SMILES string of the molecule is Cn1cc(N)c(NCC(C)(C)C)n1. The first-order chi connectivity index (χ1) is 5.88. The van der Waals surface area contributed by atoms with E-state index in [1.165, 1.54) is 0 Å². The van der Waals surface area contributed by atoms with Gasteiger partial charge >= 0.3 is 0 Å². The van der Waals surface area contributed by atoms with Gasteiger partial charge in [-0.3, -0.25) is 4.68 Å². The lowest BCUT2D eigenvalue weighted by Gasteiger charge is -2.18. The average molecular weight is 182 g/mol. The second-order valence-electron chi connectivity index (χ2n) is 4.52. The van der Waals surface area contributed by atoms with Crippen molar-refractivity contribution in [3.8, 4) is 0 Å². The molecule has 1 aromatic rings. The number of aromatic nitrogens is 2. The van der Waals surface area contributed by atoms with Crippen LogP contribution >= 0.6 is 0 Å². The van der Waals surface area contributed by atoms with Crippen molar-refractivity contribution >= 4 is 11.5 Å². The van der Waals surface area contributed by atoms with Crippen LogP contribution in [0.4, 0.5) is 11.5 Å². The maximum atomic E-state index is 5.72. The molecule has 0 radical (unpaired) electrons. The van der Waals surface area contributed by atoms with Crippen LogP contribution in [0.3, 0.4) is 0 Å².